The molecule has 0 aliphatic rings. The van der Waals surface area contributed by atoms with E-state index in [2.05, 4.69) is 37.4 Å². The van der Waals surface area contributed by atoms with Crippen molar-refractivity contribution in [3.63, 3.8) is 0 Å². The molecular weight excluding hydrogens is 381 g/mol. The van der Waals surface area contributed by atoms with Crippen molar-refractivity contribution in [3.05, 3.63) is 85.5 Å². The lowest BCUT2D eigenvalue weighted by atomic mass is 10.1. The summed E-state index contributed by atoms with van der Waals surface area (Å²) in [6.45, 7) is 0. The SMILES string of the molecule is Cl.Cl.c1ccc(-c2ccc(Nc3cncc(-c4ccccn4)n3)nc2)cc1. The monoisotopic (exact) mass is 397 g/mol. The highest BCUT2D eigenvalue weighted by Crippen LogP contribution is 2.21. The molecule has 0 unspecified atom stereocenters. The van der Waals surface area contributed by atoms with Crippen molar-refractivity contribution >= 4 is 36.4 Å². The Morgan fingerprint density at radius 1 is 0.593 bits per heavy atom. The van der Waals surface area contributed by atoms with E-state index in [1.54, 1.807) is 18.6 Å². The molecule has 5 nitrogen and oxygen atoms in total. The van der Waals surface area contributed by atoms with Crippen LogP contribution >= 0.6 is 24.8 Å². The molecule has 3 heterocycles. The molecule has 1 aromatic carbocycles. The Hall–Kier alpha value is -3.02. The van der Waals surface area contributed by atoms with Crippen molar-refractivity contribution in [1.29, 1.82) is 0 Å². The van der Waals surface area contributed by atoms with Gasteiger partial charge < -0.3 is 5.32 Å². The minimum Gasteiger partial charge on any atom is -0.324 e. The summed E-state index contributed by atoms with van der Waals surface area (Å²) in [6, 6.07) is 19.8. The molecule has 0 saturated heterocycles. The van der Waals surface area contributed by atoms with E-state index in [1.165, 1.54) is 0 Å². The summed E-state index contributed by atoms with van der Waals surface area (Å²) in [5, 5.41) is 3.18. The molecule has 1 N–H and O–H groups in total. The smallest absolute Gasteiger partial charge is 0.150 e. The van der Waals surface area contributed by atoms with E-state index >= 15 is 0 Å². The van der Waals surface area contributed by atoms with Crippen LogP contribution in [0.2, 0.25) is 0 Å². The number of benzene rings is 1. The highest BCUT2D eigenvalue weighted by atomic mass is 35.5. The van der Waals surface area contributed by atoms with Gasteiger partial charge in [0.05, 0.1) is 18.1 Å². The molecule has 0 bridgehead atoms. The maximum Gasteiger partial charge on any atom is 0.150 e. The highest BCUT2D eigenvalue weighted by Gasteiger charge is 2.04. The van der Waals surface area contributed by atoms with Crippen LogP contribution < -0.4 is 5.32 Å². The summed E-state index contributed by atoms with van der Waals surface area (Å²) in [5.74, 6) is 1.34. The van der Waals surface area contributed by atoms with Crippen LogP contribution in [0.5, 0.6) is 0 Å². The first-order valence-electron chi connectivity index (χ1n) is 7.90. The predicted molar refractivity (Wildman–Crippen MR) is 113 cm³/mol. The van der Waals surface area contributed by atoms with E-state index in [-0.39, 0.29) is 24.8 Å². The maximum absolute atomic E-state index is 4.54. The highest BCUT2D eigenvalue weighted by molar-refractivity contribution is 5.85. The van der Waals surface area contributed by atoms with Crippen LogP contribution in [0.1, 0.15) is 0 Å². The molecule has 0 amide bonds. The van der Waals surface area contributed by atoms with Crippen LogP contribution in [0.15, 0.2) is 85.5 Å². The summed E-state index contributed by atoms with van der Waals surface area (Å²) >= 11 is 0. The van der Waals surface area contributed by atoms with E-state index in [9.17, 15) is 0 Å². The molecule has 0 aliphatic heterocycles. The van der Waals surface area contributed by atoms with Gasteiger partial charge in [0.2, 0.25) is 0 Å². The van der Waals surface area contributed by atoms with Gasteiger partial charge in [-0.05, 0) is 29.8 Å². The lowest BCUT2D eigenvalue weighted by molar-refractivity contribution is 1.16. The molecule has 0 saturated carbocycles. The van der Waals surface area contributed by atoms with Crippen molar-refractivity contribution in [3.8, 4) is 22.5 Å². The Morgan fingerprint density at radius 2 is 1.41 bits per heavy atom. The van der Waals surface area contributed by atoms with Crippen molar-refractivity contribution in [1.82, 2.24) is 19.9 Å². The van der Waals surface area contributed by atoms with Crippen LogP contribution in [0.3, 0.4) is 0 Å². The lowest BCUT2D eigenvalue weighted by Gasteiger charge is -2.07. The Morgan fingerprint density at radius 3 is 2.11 bits per heavy atom. The molecule has 0 fully saturated rings. The van der Waals surface area contributed by atoms with Gasteiger partial charge >= 0.3 is 0 Å². The number of nitrogens with one attached hydrogen (secondary N) is 1. The second kappa shape index (κ2) is 9.62. The second-order valence-electron chi connectivity index (χ2n) is 5.43. The standard InChI is InChI=1S/C20H15N5.2ClH/c1-2-6-15(7-3-1)16-9-10-19(23-12-16)25-20-14-21-13-18(24-20)17-8-4-5-11-22-17;;/h1-14H,(H,23,24,25);2*1H. The molecule has 7 heteroatoms. The summed E-state index contributed by atoms with van der Waals surface area (Å²) in [4.78, 5) is 17.5. The fourth-order valence-electron chi connectivity index (χ4n) is 2.46. The van der Waals surface area contributed by atoms with Gasteiger partial charge in [0, 0.05) is 18.0 Å². The summed E-state index contributed by atoms with van der Waals surface area (Å²) < 4.78 is 0. The van der Waals surface area contributed by atoms with Gasteiger partial charge in [0.1, 0.15) is 11.5 Å². The zero-order valence-electron chi connectivity index (χ0n) is 14.2. The number of anilines is 2. The third kappa shape index (κ3) is 5.00. The summed E-state index contributed by atoms with van der Waals surface area (Å²) in [7, 11) is 0. The minimum absolute atomic E-state index is 0. The fraction of sp³-hybridized carbons (Fsp3) is 0. The first-order valence-corrected chi connectivity index (χ1v) is 7.90. The van der Waals surface area contributed by atoms with Crippen molar-refractivity contribution in [2.24, 2.45) is 0 Å². The Kier molecular flexibility index (Phi) is 7.23. The van der Waals surface area contributed by atoms with E-state index in [4.69, 9.17) is 0 Å². The van der Waals surface area contributed by atoms with Crippen molar-refractivity contribution in [2.45, 2.75) is 0 Å². The second-order valence-corrected chi connectivity index (χ2v) is 5.43. The number of rotatable bonds is 4. The third-order valence-corrected chi connectivity index (χ3v) is 3.69. The molecule has 4 rings (SSSR count). The van der Waals surface area contributed by atoms with Crippen LogP contribution in [-0.4, -0.2) is 19.9 Å². The Labute approximate surface area is 169 Å². The van der Waals surface area contributed by atoms with E-state index in [1.807, 2.05) is 54.7 Å². The zero-order valence-corrected chi connectivity index (χ0v) is 15.8. The molecule has 0 spiro atoms. The van der Waals surface area contributed by atoms with Crippen molar-refractivity contribution in [2.75, 3.05) is 5.32 Å². The molecule has 136 valence electrons. The van der Waals surface area contributed by atoms with Gasteiger partial charge in [-0.3, -0.25) is 9.97 Å². The molecule has 27 heavy (non-hydrogen) atoms. The lowest BCUT2D eigenvalue weighted by Crippen LogP contribution is -1.98. The third-order valence-electron chi connectivity index (χ3n) is 3.69. The van der Waals surface area contributed by atoms with Gasteiger partial charge in [0.15, 0.2) is 5.82 Å². The van der Waals surface area contributed by atoms with E-state index in [0.29, 0.717) is 17.3 Å². The average Bonchev–Trinajstić information content (AvgIpc) is 2.70. The quantitative estimate of drug-likeness (QED) is 0.513. The first kappa shape index (κ1) is 20.3. The van der Waals surface area contributed by atoms with Crippen LogP contribution in [0.4, 0.5) is 11.6 Å². The molecule has 3 aromatic heterocycles. The van der Waals surface area contributed by atoms with Gasteiger partial charge in [-0.25, -0.2) is 9.97 Å². The van der Waals surface area contributed by atoms with E-state index in [0.717, 1.165) is 16.8 Å². The van der Waals surface area contributed by atoms with E-state index < -0.39 is 0 Å². The Balaban J connectivity index is 0.00000131. The number of hydrogen-bond donors (Lipinski definition) is 1. The molecule has 4 aromatic rings. The number of halogens is 2. The van der Waals surface area contributed by atoms with Gasteiger partial charge in [-0.15, -0.1) is 24.8 Å². The number of pyridine rings is 2. The molecule has 0 aliphatic carbocycles. The number of aromatic nitrogens is 4. The van der Waals surface area contributed by atoms with Crippen LogP contribution in [-0.2, 0) is 0 Å². The van der Waals surface area contributed by atoms with Gasteiger partial charge in [-0.2, -0.15) is 0 Å². The minimum atomic E-state index is 0. The first-order chi connectivity index (χ1) is 12.4. The largest absolute Gasteiger partial charge is 0.324 e. The molecular formula is C20H17Cl2N5. The molecule has 0 radical (unpaired) electrons. The predicted octanol–water partition coefficient (Wildman–Crippen LogP) is 5.19. The fourth-order valence-corrected chi connectivity index (χ4v) is 2.46. The van der Waals surface area contributed by atoms with Gasteiger partial charge in [0.25, 0.3) is 0 Å². The average molecular weight is 398 g/mol. The summed E-state index contributed by atoms with van der Waals surface area (Å²) in [6.07, 6.45) is 6.94. The molecule has 0 atom stereocenters. The maximum atomic E-state index is 4.54. The number of nitrogens with zero attached hydrogens (tertiary/aromatic N) is 4. The normalized spacial score (nSPS) is 9.63. The number of hydrogen-bond acceptors (Lipinski definition) is 5. The zero-order chi connectivity index (χ0) is 16.9. The Bertz CT molecular complexity index is 964. The summed E-state index contributed by atoms with van der Waals surface area (Å²) in [5.41, 5.74) is 3.70. The van der Waals surface area contributed by atoms with Crippen molar-refractivity contribution < 1.29 is 0 Å². The van der Waals surface area contributed by atoms with Crippen LogP contribution in [0, 0.1) is 0 Å². The topological polar surface area (TPSA) is 63.6 Å². The van der Waals surface area contributed by atoms with Gasteiger partial charge in [-0.1, -0.05) is 36.4 Å². The van der Waals surface area contributed by atoms with Crippen LogP contribution in [0.25, 0.3) is 22.5 Å².